The molecule has 0 heterocycles. The van der Waals surface area contributed by atoms with Crippen molar-refractivity contribution in [2.24, 2.45) is 5.92 Å². The van der Waals surface area contributed by atoms with E-state index >= 15 is 0 Å². The summed E-state index contributed by atoms with van der Waals surface area (Å²) in [6.45, 7) is 7.76. The van der Waals surface area contributed by atoms with E-state index in [2.05, 4.69) is 13.8 Å². The summed E-state index contributed by atoms with van der Waals surface area (Å²) in [6.07, 6.45) is 2.36. The molecule has 0 aromatic heterocycles. The van der Waals surface area contributed by atoms with Gasteiger partial charge >= 0.3 is 0 Å². The zero-order valence-electron chi connectivity index (χ0n) is 9.62. The van der Waals surface area contributed by atoms with E-state index in [1.54, 1.807) is 0 Å². The maximum absolute atomic E-state index is 11.7. The zero-order chi connectivity index (χ0) is 11.0. The van der Waals surface area contributed by atoms with Crippen LogP contribution in [-0.4, -0.2) is 35.6 Å². The molecular weight excluding hydrogens is 178 g/mol. The molecule has 0 saturated carbocycles. The van der Waals surface area contributed by atoms with Crippen LogP contribution in [0.15, 0.2) is 0 Å². The summed E-state index contributed by atoms with van der Waals surface area (Å²) in [7, 11) is 0. The van der Waals surface area contributed by atoms with Crippen molar-refractivity contribution in [3.63, 3.8) is 0 Å². The summed E-state index contributed by atoms with van der Waals surface area (Å²) in [5.41, 5.74) is 0. The van der Waals surface area contributed by atoms with Gasteiger partial charge in [0.15, 0.2) is 0 Å². The number of nitrogens with zero attached hydrogens (tertiary/aromatic N) is 1. The number of hydrogen-bond acceptors (Lipinski definition) is 2. The minimum atomic E-state index is 0.160. The monoisotopic (exact) mass is 201 g/mol. The van der Waals surface area contributed by atoms with Crippen molar-refractivity contribution in [1.29, 1.82) is 0 Å². The van der Waals surface area contributed by atoms with Gasteiger partial charge in [0.05, 0.1) is 0 Å². The van der Waals surface area contributed by atoms with E-state index in [4.69, 9.17) is 5.11 Å². The Labute approximate surface area is 87.1 Å². The first-order valence-electron chi connectivity index (χ1n) is 5.54. The molecule has 3 nitrogen and oxygen atoms in total. The Morgan fingerprint density at radius 1 is 1.43 bits per heavy atom. The number of aliphatic hydroxyl groups excluding tert-OH is 1. The molecule has 0 spiro atoms. The minimum Gasteiger partial charge on any atom is -0.396 e. The van der Waals surface area contributed by atoms with Crippen molar-refractivity contribution in [2.45, 2.75) is 40.0 Å². The number of hydrogen-bond donors (Lipinski definition) is 1. The van der Waals surface area contributed by atoms with E-state index in [1.807, 2.05) is 11.8 Å². The quantitative estimate of drug-likeness (QED) is 0.680. The van der Waals surface area contributed by atoms with E-state index in [9.17, 15) is 4.79 Å². The van der Waals surface area contributed by atoms with E-state index < -0.39 is 0 Å². The van der Waals surface area contributed by atoms with Crippen LogP contribution in [0.5, 0.6) is 0 Å². The molecule has 0 aliphatic heterocycles. The molecule has 0 bridgehead atoms. The molecule has 0 aliphatic rings. The van der Waals surface area contributed by atoms with Crippen molar-refractivity contribution < 1.29 is 9.90 Å². The smallest absolute Gasteiger partial charge is 0.222 e. The maximum atomic E-state index is 11.7. The summed E-state index contributed by atoms with van der Waals surface area (Å²) in [4.78, 5) is 13.5. The van der Waals surface area contributed by atoms with Crippen LogP contribution in [0.25, 0.3) is 0 Å². The van der Waals surface area contributed by atoms with Gasteiger partial charge in [0, 0.05) is 26.1 Å². The fraction of sp³-hybridized carbons (Fsp3) is 0.909. The molecule has 1 N–H and O–H groups in total. The molecule has 0 rings (SSSR count). The molecule has 84 valence electrons. The van der Waals surface area contributed by atoms with Gasteiger partial charge in [-0.3, -0.25) is 4.79 Å². The van der Waals surface area contributed by atoms with Gasteiger partial charge < -0.3 is 10.0 Å². The molecule has 1 atom stereocenters. The summed E-state index contributed by atoms with van der Waals surface area (Å²) in [5, 5.41) is 8.68. The fourth-order valence-electron chi connectivity index (χ4n) is 1.29. The molecule has 0 fully saturated rings. The molecule has 0 radical (unpaired) electrons. The Kier molecular flexibility index (Phi) is 7.48. The van der Waals surface area contributed by atoms with Gasteiger partial charge in [0.25, 0.3) is 0 Å². The third-order valence-electron chi connectivity index (χ3n) is 2.54. The highest BCUT2D eigenvalue weighted by atomic mass is 16.3. The van der Waals surface area contributed by atoms with Gasteiger partial charge in [-0.2, -0.15) is 0 Å². The molecule has 1 amide bonds. The molecule has 0 aromatic carbocycles. The zero-order valence-corrected chi connectivity index (χ0v) is 9.62. The van der Waals surface area contributed by atoms with Crippen molar-refractivity contribution in [1.82, 2.24) is 4.90 Å². The molecule has 0 aromatic rings. The first-order chi connectivity index (χ1) is 6.65. The van der Waals surface area contributed by atoms with Crippen LogP contribution in [0.4, 0.5) is 0 Å². The minimum absolute atomic E-state index is 0.160. The molecule has 0 saturated heterocycles. The van der Waals surface area contributed by atoms with Crippen molar-refractivity contribution >= 4 is 5.91 Å². The lowest BCUT2D eigenvalue weighted by Gasteiger charge is -2.21. The summed E-state index contributed by atoms with van der Waals surface area (Å²) >= 11 is 0. The molecule has 3 heteroatoms. The van der Waals surface area contributed by atoms with Crippen LogP contribution >= 0.6 is 0 Å². The lowest BCUT2D eigenvalue weighted by molar-refractivity contribution is -0.132. The van der Waals surface area contributed by atoms with Crippen LogP contribution in [0.3, 0.4) is 0 Å². The second kappa shape index (κ2) is 7.80. The lowest BCUT2D eigenvalue weighted by Crippen LogP contribution is -2.33. The van der Waals surface area contributed by atoms with Gasteiger partial charge in [0.2, 0.25) is 5.91 Å². The Balaban J connectivity index is 3.90. The normalized spacial score (nSPS) is 12.6. The Hall–Kier alpha value is -0.570. The Bertz CT molecular complexity index is 159. The Morgan fingerprint density at radius 2 is 2.07 bits per heavy atom. The average molecular weight is 201 g/mol. The highest BCUT2D eigenvalue weighted by Crippen LogP contribution is 2.09. The van der Waals surface area contributed by atoms with Crippen LogP contribution in [0.2, 0.25) is 0 Å². The number of amides is 1. The average Bonchev–Trinajstić information content (AvgIpc) is 2.18. The lowest BCUT2D eigenvalue weighted by atomic mass is 10.0. The van der Waals surface area contributed by atoms with Gasteiger partial charge in [-0.15, -0.1) is 0 Å². The van der Waals surface area contributed by atoms with Gasteiger partial charge in [-0.25, -0.2) is 0 Å². The maximum Gasteiger partial charge on any atom is 0.222 e. The summed E-state index contributed by atoms with van der Waals surface area (Å²) < 4.78 is 0. The highest BCUT2D eigenvalue weighted by molar-refractivity contribution is 5.76. The van der Waals surface area contributed by atoms with Crippen molar-refractivity contribution in [3.05, 3.63) is 0 Å². The van der Waals surface area contributed by atoms with Crippen LogP contribution in [0, 0.1) is 5.92 Å². The predicted octanol–water partition coefficient (Wildman–Crippen LogP) is 1.65. The van der Waals surface area contributed by atoms with Gasteiger partial charge in [0.1, 0.15) is 0 Å². The van der Waals surface area contributed by atoms with E-state index in [0.717, 1.165) is 13.0 Å². The van der Waals surface area contributed by atoms with E-state index in [1.165, 1.54) is 0 Å². The topological polar surface area (TPSA) is 40.5 Å². The predicted molar refractivity (Wildman–Crippen MR) is 58.0 cm³/mol. The summed E-state index contributed by atoms with van der Waals surface area (Å²) in [6, 6.07) is 0. The van der Waals surface area contributed by atoms with Crippen molar-refractivity contribution in [3.8, 4) is 0 Å². The first-order valence-corrected chi connectivity index (χ1v) is 5.54. The Morgan fingerprint density at radius 3 is 2.50 bits per heavy atom. The molecule has 1 unspecified atom stereocenters. The fourth-order valence-corrected chi connectivity index (χ4v) is 1.29. The largest absolute Gasteiger partial charge is 0.396 e. The van der Waals surface area contributed by atoms with Gasteiger partial charge in [-0.05, 0) is 19.3 Å². The molecular formula is C11H23NO2. The summed E-state index contributed by atoms with van der Waals surface area (Å²) in [5.74, 6) is 0.681. The molecule has 0 aliphatic carbocycles. The van der Waals surface area contributed by atoms with Crippen LogP contribution in [-0.2, 0) is 4.79 Å². The number of aliphatic hydroxyl groups is 1. The second-order valence-corrected chi connectivity index (χ2v) is 3.77. The van der Waals surface area contributed by atoms with E-state index in [-0.39, 0.29) is 12.5 Å². The van der Waals surface area contributed by atoms with Gasteiger partial charge in [-0.1, -0.05) is 20.3 Å². The van der Waals surface area contributed by atoms with Crippen LogP contribution < -0.4 is 0 Å². The highest BCUT2D eigenvalue weighted by Gasteiger charge is 2.13. The number of rotatable bonds is 7. The third-order valence-corrected chi connectivity index (χ3v) is 2.54. The number of carbonyl (C=O) groups is 1. The number of carbonyl (C=O) groups excluding carboxylic acids is 1. The SMILES string of the molecule is CCC(C)CC(=O)N(CC)CCCO. The molecule has 14 heavy (non-hydrogen) atoms. The third kappa shape index (κ3) is 5.22. The van der Waals surface area contributed by atoms with E-state index in [0.29, 0.717) is 25.3 Å². The standard InChI is InChI=1S/C11H23NO2/c1-4-10(3)9-11(14)12(5-2)7-6-8-13/h10,13H,4-9H2,1-3H3. The van der Waals surface area contributed by atoms with Crippen molar-refractivity contribution in [2.75, 3.05) is 19.7 Å². The van der Waals surface area contributed by atoms with Crippen LogP contribution in [0.1, 0.15) is 40.0 Å². The first kappa shape index (κ1) is 13.4. The second-order valence-electron chi connectivity index (χ2n) is 3.77.